The van der Waals surface area contributed by atoms with E-state index in [1.54, 1.807) is 17.7 Å². The topological polar surface area (TPSA) is 50.6 Å². The Kier molecular flexibility index (Phi) is 5.85. The van der Waals surface area contributed by atoms with Gasteiger partial charge in [-0.25, -0.2) is 4.98 Å². The number of halogens is 1. The van der Waals surface area contributed by atoms with E-state index in [-0.39, 0.29) is 5.56 Å². The molecule has 0 bridgehead atoms. The molecule has 0 atom stereocenters. The van der Waals surface area contributed by atoms with Gasteiger partial charge in [-0.3, -0.25) is 14.3 Å². The molecule has 3 aromatic rings. The summed E-state index contributed by atoms with van der Waals surface area (Å²) in [7, 11) is 3.74. The lowest BCUT2D eigenvalue weighted by atomic mass is 10.2. The van der Waals surface area contributed by atoms with Crippen LogP contribution in [0.1, 0.15) is 12.2 Å². The van der Waals surface area contributed by atoms with Crippen molar-refractivity contribution < 1.29 is 4.74 Å². The van der Waals surface area contributed by atoms with Crippen LogP contribution >= 0.6 is 11.6 Å². The highest BCUT2D eigenvalue weighted by Gasteiger charge is 2.19. The number of methoxy groups -OCH3 is 1. The molecule has 29 heavy (non-hydrogen) atoms. The Morgan fingerprint density at radius 2 is 1.93 bits per heavy atom. The van der Waals surface area contributed by atoms with E-state index in [2.05, 4.69) is 16.8 Å². The van der Waals surface area contributed by atoms with E-state index in [1.165, 1.54) is 0 Å². The van der Waals surface area contributed by atoms with E-state index >= 15 is 0 Å². The minimum Gasteiger partial charge on any atom is -0.497 e. The zero-order chi connectivity index (χ0) is 20.4. The molecule has 0 radical (unpaired) electrons. The normalized spacial score (nSPS) is 16.1. The molecule has 4 rings (SSSR count). The van der Waals surface area contributed by atoms with Crippen LogP contribution in [0.4, 0.5) is 0 Å². The summed E-state index contributed by atoms with van der Waals surface area (Å²) in [5.74, 6) is 1.35. The molecule has 2 aromatic carbocycles. The lowest BCUT2D eigenvalue weighted by Crippen LogP contribution is -2.33. The van der Waals surface area contributed by atoms with Gasteiger partial charge in [-0.1, -0.05) is 23.7 Å². The zero-order valence-corrected chi connectivity index (χ0v) is 17.5. The van der Waals surface area contributed by atoms with E-state index in [0.717, 1.165) is 32.6 Å². The first-order valence-corrected chi connectivity index (χ1v) is 10.2. The number of likely N-dealkylation sites (N-methyl/N-ethyl adjacent to an activating group) is 1. The highest BCUT2D eigenvalue weighted by Crippen LogP contribution is 2.26. The molecule has 1 aromatic heterocycles. The Labute approximate surface area is 175 Å². The average Bonchev–Trinajstić information content (AvgIpc) is 2.93. The summed E-state index contributed by atoms with van der Waals surface area (Å²) < 4.78 is 6.91. The van der Waals surface area contributed by atoms with Gasteiger partial charge in [0, 0.05) is 19.2 Å². The van der Waals surface area contributed by atoms with Crippen molar-refractivity contribution in [1.29, 1.82) is 0 Å². The summed E-state index contributed by atoms with van der Waals surface area (Å²) in [6, 6.07) is 12.8. The molecule has 6 nitrogen and oxygen atoms in total. The first kappa shape index (κ1) is 19.9. The van der Waals surface area contributed by atoms with Crippen molar-refractivity contribution in [2.45, 2.75) is 13.0 Å². The maximum Gasteiger partial charge on any atom is 0.266 e. The molecular weight excluding hydrogens is 388 g/mol. The largest absolute Gasteiger partial charge is 0.497 e. The summed E-state index contributed by atoms with van der Waals surface area (Å²) in [6.07, 6.45) is 1.09. The molecule has 152 valence electrons. The first-order valence-electron chi connectivity index (χ1n) is 9.82. The van der Waals surface area contributed by atoms with Crippen LogP contribution in [-0.4, -0.2) is 59.7 Å². The quantitative estimate of drug-likeness (QED) is 0.658. The van der Waals surface area contributed by atoms with E-state index < -0.39 is 0 Å². The van der Waals surface area contributed by atoms with Crippen LogP contribution in [0.2, 0.25) is 5.02 Å². The highest BCUT2D eigenvalue weighted by atomic mass is 35.5. The van der Waals surface area contributed by atoms with Gasteiger partial charge in [-0.2, -0.15) is 0 Å². The standard InChI is InChI=1S/C22H25ClN4O2/c1-25-10-5-11-26(13-12-25)15-21-24-19-7-4-3-6-17(19)22(28)27(21)20-9-8-16(29-2)14-18(20)23/h3-4,6-9,14H,5,10-13,15H2,1-2H3. The van der Waals surface area contributed by atoms with Crippen LogP contribution in [0.15, 0.2) is 47.3 Å². The fourth-order valence-electron chi connectivity index (χ4n) is 3.79. The Morgan fingerprint density at radius 3 is 2.72 bits per heavy atom. The molecule has 1 saturated heterocycles. The second kappa shape index (κ2) is 8.53. The number of hydrogen-bond acceptors (Lipinski definition) is 5. The number of benzene rings is 2. The fourth-order valence-corrected chi connectivity index (χ4v) is 4.04. The maximum atomic E-state index is 13.4. The van der Waals surface area contributed by atoms with Crippen molar-refractivity contribution in [2.75, 3.05) is 40.3 Å². The van der Waals surface area contributed by atoms with Crippen molar-refractivity contribution >= 4 is 22.5 Å². The first-order chi connectivity index (χ1) is 14.1. The molecule has 1 aliphatic heterocycles. The predicted molar refractivity (Wildman–Crippen MR) is 116 cm³/mol. The Morgan fingerprint density at radius 1 is 1.10 bits per heavy atom. The monoisotopic (exact) mass is 412 g/mol. The molecule has 7 heteroatoms. The van der Waals surface area contributed by atoms with Crippen LogP contribution in [0.3, 0.4) is 0 Å². The summed E-state index contributed by atoms with van der Waals surface area (Å²) in [4.78, 5) is 23.0. The van der Waals surface area contributed by atoms with E-state index in [1.807, 2.05) is 36.4 Å². The SMILES string of the molecule is COc1ccc(-n2c(CN3CCCN(C)CC3)nc3ccccc3c2=O)c(Cl)c1. The Bertz CT molecular complexity index is 1080. The minimum absolute atomic E-state index is 0.107. The minimum atomic E-state index is -0.107. The summed E-state index contributed by atoms with van der Waals surface area (Å²) in [5, 5.41) is 1.04. The molecule has 0 aliphatic carbocycles. The molecular formula is C22H25ClN4O2. The zero-order valence-electron chi connectivity index (χ0n) is 16.8. The van der Waals surface area contributed by atoms with Gasteiger partial charge in [0.2, 0.25) is 0 Å². The molecule has 1 fully saturated rings. The third-order valence-electron chi connectivity index (χ3n) is 5.42. The number of hydrogen-bond donors (Lipinski definition) is 0. The summed E-state index contributed by atoms with van der Waals surface area (Å²) in [6.45, 7) is 4.59. The number of para-hydroxylation sites is 1. The summed E-state index contributed by atoms with van der Waals surface area (Å²) >= 11 is 6.54. The van der Waals surface area contributed by atoms with Crippen molar-refractivity contribution in [1.82, 2.24) is 19.4 Å². The number of nitrogens with zero attached hydrogens (tertiary/aromatic N) is 4. The Hall–Kier alpha value is -2.41. The van der Waals surface area contributed by atoms with Gasteiger partial charge in [0.05, 0.1) is 35.3 Å². The fraction of sp³-hybridized carbons (Fsp3) is 0.364. The molecule has 0 amide bonds. The number of ether oxygens (including phenoxy) is 1. The molecule has 0 unspecified atom stereocenters. The van der Waals surface area contributed by atoms with Gasteiger partial charge in [0.1, 0.15) is 11.6 Å². The summed E-state index contributed by atoms with van der Waals surface area (Å²) in [5.41, 5.74) is 1.22. The van der Waals surface area contributed by atoms with Crippen molar-refractivity contribution in [3.63, 3.8) is 0 Å². The van der Waals surface area contributed by atoms with Crippen molar-refractivity contribution in [2.24, 2.45) is 0 Å². The number of fused-ring (bicyclic) bond motifs is 1. The molecule has 2 heterocycles. The third-order valence-corrected chi connectivity index (χ3v) is 5.72. The van der Waals surface area contributed by atoms with Crippen LogP contribution in [0.25, 0.3) is 16.6 Å². The molecule has 1 aliphatic rings. The van der Waals surface area contributed by atoms with E-state index in [4.69, 9.17) is 21.3 Å². The molecule has 0 spiro atoms. The van der Waals surface area contributed by atoms with Gasteiger partial charge in [-0.15, -0.1) is 0 Å². The lowest BCUT2D eigenvalue weighted by Gasteiger charge is -2.22. The third kappa shape index (κ3) is 4.15. The van der Waals surface area contributed by atoms with Gasteiger partial charge < -0.3 is 9.64 Å². The highest BCUT2D eigenvalue weighted by molar-refractivity contribution is 6.32. The van der Waals surface area contributed by atoms with E-state index in [0.29, 0.717) is 39.7 Å². The van der Waals surface area contributed by atoms with Crippen LogP contribution < -0.4 is 10.3 Å². The van der Waals surface area contributed by atoms with Crippen LogP contribution in [-0.2, 0) is 6.54 Å². The molecule has 0 N–H and O–H groups in total. The van der Waals surface area contributed by atoms with Crippen LogP contribution in [0, 0.1) is 0 Å². The predicted octanol–water partition coefficient (Wildman–Crippen LogP) is 3.19. The number of aromatic nitrogens is 2. The molecule has 0 saturated carbocycles. The van der Waals surface area contributed by atoms with Gasteiger partial charge in [0.25, 0.3) is 5.56 Å². The van der Waals surface area contributed by atoms with Gasteiger partial charge in [0.15, 0.2) is 0 Å². The average molecular weight is 413 g/mol. The Balaban J connectivity index is 1.84. The smallest absolute Gasteiger partial charge is 0.266 e. The lowest BCUT2D eigenvalue weighted by molar-refractivity contribution is 0.261. The van der Waals surface area contributed by atoms with Crippen molar-refractivity contribution in [3.05, 3.63) is 63.7 Å². The maximum absolute atomic E-state index is 13.4. The second-order valence-electron chi connectivity index (χ2n) is 7.44. The van der Waals surface area contributed by atoms with E-state index in [9.17, 15) is 4.79 Å². The van der Waals surface area contributed by atoms with Crippen molar-refractivity contribution in [3.8, 4) is 11.4 Å². The second-order valence-corrected chi connectivity index (χ2v) is 7.84. The van der Waals surface area contributed by atoms with Crippen LogP contribution in [0.5, 0.6) is 5.75 Å². The van der Waals surface area contributed by atoms with Gasteiger partial charge >= 0.3 is 0 Å². The number of rotatable bonds is 4. The van der Waals surface area contributed by atoms with Gasteiger partial charge in [-0.05, 0) is 50.8 Å².